The van der Waals surface area contributed by atoms with Crippen molar-refractivity contribution in [2.75, 3.05) is 27.3 Å². The Morgan fingerprint density at radius 3 is 2.13 bits per heavy atom. The number of hydrogen-bond acceptors (Lipinski definition) is 6. The Morgan fingerprint density at radius 1 is 0.921 bits per heavy atom. The number of nitrogens with one attached hydrogen (secondary N) is 1. The lowest BCUT2D eigenvalue weighted by Crippen LogP contribution is -2.37. The minimum atomic E-state index is -0.295. The van der Waals surface area contributed by atoms with Crippen LogP contribution in [-0.4, -0.2) is 49.2 Å². The minimum Gasteiger partial charge on any atom is -0.497 e. The van der Waals surface area contributed by atoms with Crippen molar-refractivity contribution in [3.63, 3.8) is 0 Å². The van der Waals surface area contributed by atoms with Crippen LogP contribution in [0.5, 0.6) is 11.5 Å². The molecule has 0 saturated heterocycles. The number of benzene rings is 2. The van der Waals surface area contributed by atoms with Crippen LogP contribution < -0.4 is 14.8 Å². The van der Waals surface area contributed by atoms with Crippen molar-refractivity contribution < 1.29 is 23.6 Å². The second-order valence-electron chi connectivity index (χ2n) is 9.73. The zero-order valence-corrected chi connectivity index (χ0v) is 22.3. The monoisotopic (exact) mass is 519 g/mol. The Morgan fingerprint density at radius 2 is 1.53 bits per heavy atom. The number of aromatic nitrogens is 1. The predicted molar refractivity (Wildman–Crippen MR) is 144 cm³/mol. The summed E-state index contributed by atoms with van der Waals surface area (Å²) in [5, 5.41) is 6.86. The minimum absolute atomic E-state index is 0.0447. The molecule has 3 aromatic rings. The largest absolute Gasteiger partial charge is 0.497 e. The molecule has 0 aliphatic heterocycles. The lowest BCUT2D eigenvalue weighted by atomic mass is 9.88. The first kappa shape index (κ1) is 27.2. The summed E-state index contributed by atoms with van der Waals surface area (Å²) in [6, 6.07) is 17.3. The fourth-order valence-corrected chi connectivity index (χ4v) is 4.82. The molecule has 38 heavy (non-hydrogen) atoms. The van der Waals surface area contributed by atoms with Crippen LogP contribution in [0.15, 0.2) is 59.1 Å². The molecule has 1 aliphatic rings. The molecule has 0 unspecified atom stereocenters. The number of carbonyl (C=O) groups is 2. The smallest absolute Gasteiger partial charge is 0.273 e. The summed E-state index contributed by atoms with van der Waals surface area (Å²) < 4.78 is 15.9. The van der Waals surface area contributed by atoms with Crippen molar-refractivity contribution >= 4 is 11.8 Å². The van der Waals surface area contributed by atoms with Gasteiger partial charge in [0.25, 0.3) is 5.91 Å². The van der Waals surface area contributed by atoms with E-state index in [4.69, 9.17) is 14.0 Å². The maximum Gasteiger partial charge on any atom is 0.273 e. The molecule has 1 aromatic heterocycles. The molecule has 0 radical (unpaired) electrons. The predicted octanol–water partition coefficient (Wildman–Crippen LogP) is 4.82. The maximum atomic E-state index is 13.4. The van der Waals surface area contributed by atoms with Gasteiger partial charge in [-0.25, -0.2) is 0 Å². The molecule has 2 aromatic carbocycles. The van der Waals surface area contributed by atoms with Gasteiger partial charge in [-0.3, -0.25) is 9.59 Å². The van der Waals surface area contributed by atoms with E-state index in [-0.39, 0.29) is 30.0 Å². The van der Waals surface area contributed by atoms with E-state index in [0.717, 1.165) is 54.7 Å². The Kier molecular flexibility index (Phi) is 9.78. The zero-order chi connectivity index (χ0) is 26.7. The number of carbonyl (C=O) groups excluding carboxylic acids is 2. The molecular weight excluding hydrogens is 482 g/mol. The molecule has 202 valence electrons. The van der Waals surface area contributed by atoms with Gasteiger partial charge in [-0.2, -0.15) is 0 Å². The average molecular weight is 520 g/mol. The maximum absolute atomic E-state index is 13.4. The number of ether oxygens (including phenoxy) is 2. The summed E-state index contributed by atoms with van der Waals surface area (Å²) in [6.45, 7) is 1.32. The van der Waals surface area contributed by atoms with Gasteiger partial charge in [0.05, 0.1) is 20.8 Å². The van der Waals surface area contributed by atoms with Crippen molar-refractivity contribution in [1.82, 2.24) is 15.4 Å². The van der Waals surface area contributed by atoms with Crippen LogP contribution in [0.2, 0.25) is 0 Å². The summed E-state index contributed by atoms with van der Waals surface area (Å²) in [7, 11) is 3.28. The third-order valence-electron chi connectivity index (χ3n) is 7.09. The van der Waals surface area contributed by atoms with E-state index in [9.17, 15) is 9.59 Å². The Balaban J connectivity index is 1.35. The second-order valence-corrected chi connectivity index (χ2v) is 9.73. The fourth-order valence-electron chi connectivity index (χ4n) is 4.82. The van der Waals surface area contributed by atoms with Crippen LogP contribution in [0.25, 0.3) is 0 Å². The Hall–Kier alpha value is -3.81. The van der Waals surface area contributed by atoms with Crippen LogP contribution in [0.4, 0.5) is 0 Å². The Labute approximate surface area is 224 Å². The SMILES string of the molecule is COc1ccc(CCNC(=O)c2cc(CN(CCc3ccc(OC)cc3)C(=O)C3CCCCC3)on2)cc1. The summed E-state index contributed by atoms with van der Waals surface area (Å²) >= 11 is 0. The second kappa shape index (κ2) is 13.7. The van der Waals surface area contributed by atoms with E-state index < -0.39 is 0 Å². The number of hydrogen-bond donors (Lipinski definition) is 1. The molecule has 0 bridgehead atoms. The number of amides is 2. The third-order valence-corrected chi connectivity index (χ3v) is 7.09. The number of nitrogens with zero attached hydrogens (tertiary/aromatic N) is 2. The molecule has 8 heteroatoms. The molecular formula is C30H37N3O5. The Bertz CT molecular complexity index is 1170. The van der Waals surface area contributed by atoms with Gasteiger partial charge in [-0.05, 0) is 61.1 Å². The highest BCUT2D eigenvalue weighted by atomic mass is 16.5. The quantitative estimate of drug-likeness (QED) is 0.369. The van der Waals surface area contributed by atoms with E-state index >= 15 is 0 Å². The van der Waals surface area contributed by atoms with Crippen molar-refractivity contribution in [3.8, 4) is 11.5 Å². The van der Waals surface area contributed by atoms with Gasteiger partial charge in [0.15, 0.2) is 11.5 Å². The van der Waals surface area contributed by atoms with E-state index in [1.807, 2.05) is 53.4 Å². The first-order chi connectivity index (χ1) is 18.6. The molecule has 1 heterocycles. The van der Waals surface area contributed by atoms with Crippen LogP contribution in [0, 0.1) is 5.92 Å². The van der Waals surface area contributed by atoms with Gasteiger partial charge >= 0.3 is 0 Å². The molecule has 1 fully saturated rings. The molecule has 0 atom stereocenters. The van der Waals surface area contributed by atoms with Crippen LogP contribution in [0.3, 0.4) is 0 Å². The standard InChI is InChI=1S/C30H37N3O5/c1-36-25-12-8-22(9-13-25)16-18-31-29(34)28-20-27(38-32-28)21-33(30(35)24-6-4-3-5-7-24)19-17-23-10-14-26(37-2)15-11-23/h8-15,20,24H,3-7,16-19,21H2,1-2H3,(H,31,34). The fraction of sp³-hybridized carbons (Fsp3) is 0.433. The van der Waals surface area contributed by atoms with Gasteiger partial charge < -0.3 is 24.2 Å². The first-order valence-corrected chi connectivity index (χ1v) is 13.3. The first-order valence-electron chi connectivity index (χ1n) is 13.3. The molecule has 1 aliphatic carbocycles. The lowest BCUT2D eigenvalue weighted by molar-refractivity contribution is -0.137. The van der Waals surface area contributed by atoms with E-state index in [0.29, 0.717) is 25.3 Å². The normalized spacial score (nSPS) is 13.6. The van der Waals surface area contributed by atoms with E-state index in [2.05, 4.69) is 10.5 Å². The van der Waals surface area contributed by atoms with Crippen LogP contribution in [-0.2, 0) is 24.2 Å². The van der Waals surface area contributed by atoms with Gasteiger partial charge in [-0.1, -0.05) is 48.7 Å². The number of rotatable bonds is 12. The zero-order valence-electron chi connectivity index (χ0n) is 22.3. The van der Waals surface area contributed by atoms with Crippen LogP contribution >= 0.6 is 0 Å². The number of methoxy groups -OCH3 is 2. The topological polar surface area (TPSA) is 93.9 Å². The summed E-state index contributed by atoms with van der Waals surface area (Å²) in [5.74, 6) is 2.01. The molecule has 1 saturated carbocycles. The van der Waals surface area contributed by atoms with Gasteiger partial charge in [0, 0.05) is 25.1 Å². The van der Waals surface area contributed by atoms with Crippen molar-refractivity contribution in [2.24, 2.45) is 5.92 Å². The lowest BCUT2D eigenvalue weighted by Gasteiger charge is -2.28. The summed E-state index contributed by atoms with van der Waals surface area (Å²) in [5.41, 5.74) is 2.44. The molecule has 4 rings (SSSR count). The van der Waals surface area contributed by atoms with E-state index in [1.54, 1.807) is 20.3 Å². The highest BCUT2D eigenvalue weighted by Gasteiger charge is 2.27. The summed E-state index contributed by atoms with van der Waals surface area (Å²) in [4.78, 5) is 27.9. The van der Waals surface area contributed by atoms with Gasteiger partial charge in [0.2, 0.25) is 5.91 Å². The van der Waals surface area contributed by atoms with Crippen molar-refractivity contribution in [2.45, 2.75) is 51.5 Å². The summed E-state index contributed by atoms with van der Waals surface area (Å²) in [6.07, 6.45) is 6.63. The molecule has 2 amide bonds. The molecule has 1 N–H and O–H groups in total. The van der Waals surface area contributed by atoms with Gasteiger partial charge in [-0.15, -0.1) is 0 Å². The van der Waals surface area contributed by atoms with E-state index in [1.165, 1.54) is 6.42 Å². The molecule has 8 nitrogen and oxygen atoms in total. The molecule has 0 spiro atoms. The highest BCUT2D eigenvalue weighted by molar-refractivity contribution is 5.92. The average Bonchev–Trinajstić information content (AvgIpc) is 3.44. The van der Waals surface area contributed by atoms with Gasteiger partial charge in [0.1, 0.15) is 11.5 Å². The third kappa shape index (κ3) is 7.60. The van der Waals surface area contributed by atoms with Crippen LogP contribution in [0.1, 0.15) is 59.5 Å². The van der Waals surface area contributed by atoms with Crippen molar-refractivity contribution in [3.05, 3.63) is 77.2 Å². The van der Waals surface area contributed by atoms with Crippen molar-refractivity contribution in [1.29, 1.82) is 0 Å². The highest BCUT2D eigenvalue weighted by Crippen LogP contribution is 2.26.